The van der Waals surface area contributed by atoms with Crippen molar-refractivity contribution < 1.29 is 15.0 Å². The molecule has 2 heterocycles. The largest absolute Gasteiger partial charge is 0.479 e. The first-order valence-electron chi connectivity index (χ1n) is 6.02. The van der Waals surface area contributed by atoms with E-state index >= 15 is 0 Å². The summed E-state index contributed by atoms with van der Waals surface area (Å²) in [6, 6.07) is 0.569. The molecule has 5 heteroatoms. The first-order chi connectivity index (χ1) is 7.62. The van der Waals surface area contributed by atoms with E-state index in [9.17, 15) is 9.90 Å². The van der Waals surface area contributed by atoms with E-state index in [1.54, 1.807) is 0 Å². The molecule has 2 fully saturated rings. The van der Waals surface area contributed by atoms with Gasteiger partial charge in [0.15, 0.2) is 5.60 Å². The van der Waals surface area contributed by atoms with Gasteiger partial charge in [-0.25, -0.2) is 4.79 Å². The lowest BCUT2D eigenvalue weighted by atomic mass is 9.90. The number of carbonyl (C=O) groups is 1. The number of nitrogens with one attached hydrogen (secondary N) is 1. The molecule has 0 aromatic carbocycles. The van der Waals surface area contributed by atoms with Crippen molar-refractivity contribution in [1.82, 2.24) is 10.2 Å². The predicted octanol–water partition coefficient (Wildman–Crippen LogP) is -0.350. The zero-order chi connectivity index (χ0) is 11.6. The number of carboxylic acid groups (broad SMARTS) is 1. The van der Waals surface area contributed by atoms with Gasteiger partial charge in [0.1, 0.15) is 0 Å². The molecular weight excluding hydrogens is 208 g/mol. The van der Waals surface area contributed by atoms with Crippen molar-refractivity contribution in [3.05, 3.63) is 0 Å². The summed E-state index contributed by atoms with van der Waals surface area (Å²) in [5.41, 5.74) is -1.48. The molecular formula is C11H20N2O3. The highest BCUT2D eigenvalue weighted by molar-refractivity contribution is 5.77. The van der Waals surface area contributed by atoms with Gasteiger partial charge in [0.25, 0.3) is 0 Å². The molecule has 2 aliphatic rings. The Morgan fingerprint density at radius 3 is 2.31 bits per heavy atom. The van der Waals surface area contributed by atoms with E-state index in [0.717, 1.165) is 25.9 Å². The second-order valence-corrected chi connectivity index (χ2v) is 4.85. The molecule has 0 unspecified atom stereocenters. The Morgan fingerprint density at radius 1 is 1.25 bits per heavy atom. The number of rotatable bonds is 2. The Bertz CT molecular complexity index is 256. The predicted molar refractivity (Wildman–Crippen MR) is 59.3 cm³/mol. The van der Waals surface area contributed by atoms with Gasteiger partial charge < -0.3 is 20.4 Å². The maximum absolute atomic E-state index is 10.9. The summed E-state index contributed by atoms with van der Waals surface area (Å²) >= 11 is 0. The Morgan fingerprint density at radius 2 is 1.81 bits per heavy atom. The van der Waals surface area contributed by atoms with Gasteiger partial charge in [-0.3, -0.25) is 0 Å². The maximum atomic E-state index is 10.9. The van der Waals surface area contributed by atoms with Gasteiger partial charge >= 0.3 is 5.97 Å². The molecule has 16 heavy (non-hydrogen) atoms. The van der Waals surface area contributed by atoms with Gasteiger partial charge in [-0.05, 0) is 38.8 Å². The minimum Gasteiger partial charge on any atom is -0.479 e. The van der Waals surface area contributed by atoms with Crippen LogP contribution in [0.2, 0.25) is 0 Å². The molecule has 0 aliphatic carbocycles. The summed E-state index contributed by atoms with van der Waals surface area (Å²) in [5.74, 6) is -1.07. The van der Waals surface area contributed by atoms with Gasteiger partial charge in [-0.15, -0.1) is 0 Å². The van der Waals surface area contributed by atoms with Crippen LogP contribution in [0.25, 0.3) is 0 Å². The van der Waals surface area contributed by atoms with Crippen molar-refractivity contribution in [3.8, 4) is 0 Å². The number of aliphatic carboxylic acids is 1. The number of aliphatic hydroxyl groups is 1. The van der Waals surface area contributed by atoms with Gasteiger partial charge in [0.05, 0.1) is 0 Å². The van der Waals surface area contributed by atoms with Gasteiger partial charge in [0, 0.05) is 19.1 Å². The highest BCUT2D eigenvalue weighted by atomic mass is 16.4. The molecule has 2 aliphatic heterocycles. The second-order valence-electron chi connectivity index (χ2n) is 4.85. The van der Waals surface area contributed by atoms with Gasteiger partial charge in [0.2, 0.25) is 0 Å². The second kappa shape index (κ2) is 4.69. The minimum absolute atomic E-state index is 0.353. The molecule has 92 valence electrons. The summed E-state index contributed by atoms with van der Waals surface area (Å²) in [6.45, 7) is 3.50. The Labute approximate surface area is 95.4 Å². The van der Waals surface area contributed by atoms with Crippen LogP contribution in [0, 0.1) is 0 Å². The van der Waals surface area contributed by atoms with E-state index < -0.39 is 11.6 Å². The molecule has 0 atom stereocenters. The maximum Gasteiger partial charge on any atom is 0.335 e. The molecule has 0 spiro atoms. The summed E-state index contributed by atoms with van der Waals surface area (Å²) in [7, 11) is 0. The number of piperidine rings is 2. The van der Waals surface area contributed by atoms with Crippen molar-refractivity contribution in [3.63, 3.8) is 0 Å². The fourth-order valence-electron chi connectivity index (χ4n) is 2.64. The van der Waals surface area contributed by atoms with E-state index in [1.165, 1.54) is 0 Å². The average Bonchev–Trinajstić information content (AvgIpc) is 2.31. The number of nitrogens with zero attached hydrogens (tertiary/aromatic N) is 1. The SMILES string of the molecule is O=C(O)C1(O)CCN(C2CCNCC2)CC1. The number of hydrogen-bond acceptors (Lipinski definition) is 4. The van der Waals surface area contributed by atoms with Crippen LogP contribution in [-0.2, 0) is 4.79 Å². The van der Waals surface area contributed by atoms with Gasteiger partial charge in [-0.1, -0.05) is 0 Å². The van der Waals surface area contributed by atoms with Crippen LogP contribution in [0.15, 0.2) is 0 Å². The first kappa shape index (κ1) is 11.8. The van der Waals surface area contributed by atoms with E-state index in [2.05, 4.69) is 10.2 Å². The highest BCUT2D eigenvalue weighted by Crippen LogP contribution is 2.25. The van der Waals surface area contributed by atoms with Crippen molar-refractivity contribution in [2.45, 2.75) is 37.3 Å². The number of hydrogen-bond donors (Lipinski definition) is 3. The summed E-state index contributed by atoms with van der Waals surface area (Å²) < 4.78 is 0. The normalized spacial score (nSPS) is 27.8. The van der Waals surface area contributed by atoms with Crippen LogP contribution in [0.4, 0.5) is 0 Å². The summed E-state index contributed by atoms with van der Waals surface area (Å²) in [4.78, 5) is 13.2. The van der Waals surface area contributed by atoms with Crippen LogP contribution in [-0.4, -0.2) is 58.9 Å². The third-order valence-corrected chi connectivity index (χ3v) is 3.85. The lowest BCUT2D eigenvalue weighted by molar-refractivity contribution is -0.164. The van der Waals surface area contributed by atoms with Crippen LogP contribution in [0.5, 0.6) is 0 Å². The van der Waals surface area contributed by atoms with Crippen molar-refractivity contribution >= 4 is 5.97 Å². The Hall–Kier alpha value is -0.650. The quantitative estimate of drug-likeness (QED) is 0.602. The number of likely N-dealkylation sites (tertiary alicyclic amines) is 1. The smallest absolute Gasteiger partial charge is 0.335 e. The molecule has 3 N–H and O–H groups in total. The summed E-state index contributed by atoms with van der Waals surface area (Å²) in [5, 5.41) is 22.1. The molecule has 0 amide bonds. The van der Waals surface area contributed by atoms with E-state index in [0.29, 0.717) is 32.0 Å². The lowest BCUT2D eigenvalue weighted by Gasteiger charge is -2.41. The standard InChI is InChI=1S/C11H20N2O3/c14-10(15)11(16)3-7-13(8-4-11)9-1-5-12-6-2-9/h9,12,16H,1-8H2,(H,14,15). The average molecular weight is 228 g/mol. The zero-order valence-corrected chi connectivity index (χ0v) is 9.48. The monoisotopic (exact) mass is 228 g/mol. The van der Waals surface area contributed by atoms with E-state index in [1.807, 2.05) is 0 Å². The zero-order valence-electron chi connectivity index (χ0n) is 9.48. The summed E-state index contributed by atoms with van der Waals surface area (Å²) in [6.07, 6.45) is 2.97. The van der Waals surface area contributed by atoms with E-state index in [-0.39, 0.29) is 0 Å². The minimum atomic E-state index is -1.48. The molecule has 5 nitrogen and oxygen atoms in total. The van der Waals surface area contributed by atoms with Crippen LogP contribution in [0.1, 0.15) is 25.7 Å². The molecule has 0 bridgehead atoms. The molecule has 2 saturated heterocycles. The third kappa shape index (κ3) is 2.36. The van der Waals surface area contributed by atoms with Crippen molar-refractivity contribution in [2.75, 3.05) is 26.2 Å². The highest BCUT2D eigenvalue weighted by Gasteiger charge is 2.40. The molecule has 0 radical (unpaired) electrons. The van der Waals surface area contributed by atoms with Crippen LogP contribution in [0.3, 0.4) is 0 Å². The molecule has 2 rings (SSSR count). The molecule has 0 aromatic rings. The van der Waals surface area contributed by atoms with E-state index in [4.69, 9.17) is 5.11 Å². The van der Waals surface area contributed by atoms with Crippen molar-refractivity contribution in [1.29, 1.82) is 0 Å². The topological polar surface area (TPSA) is 72.8 Å². The van der Waals surface area contributed by atoms with Crippen molar-refractivity contribution in [2.24, 2.45) is 0 Å². The van der Waals surface area contributed by atoms with Crippen LogP contribution < -0.4 is 5.32 Å². The Balaban J connectivity index is 1.87. The third-order valence-electron chi connectivity index (χ3n) is 3.85. The van der Waals surface area contributed by atoms with Gasteiger partial charge in [-0.2, -0.15) is 0 Å². The Kier molecular flexibility index (Phi) is 3.47. The lowest BCUT2D eigenvalue weighted by Crippen LogP contribution is -2.53. The number of carboxylic acids is 1. The fraction of sp³-hybridized carbons (Fsp3) is 0.909. The first-order valence-corrected chi connectivity index (χ1v) is 6.02. The fourth-order valence-corrected chi connectivity index (χ4v) is 2.64. The molecule has 0 saturated carbocycles. The van der Waals surface area contributed by atoms with Crippen LogP contribution >= 0.6 is 0 Å². The molecule has 0 aromatic heterocycles.